The zero-order valence-corrected chi connectivity index (χ0v) is 11.6. The molecule has 0 bridgehead atoms. The molecule has 1 heterocycles. The number of halogens is 3. The highest BCUT2D eigenvalue weighted by atomic mass is 19.4. The van der Waals surface area contributed by atoms with Crippen molar-refractivity contribution in [3.8, 4) is 11.5 Å². The summed E-state index contributed by atoms with van der Waals surface area (Å²) >= 11 is 0. The first-order chi connectivity index (χ1) is 10.0. The lowest BCUT2D eigenvalue weighted by molar-refractivity contribution is -0.184. The molecule has 1 aromatic rings. The van der Waals surface area contributed by atoms with Crippen molar-refractivity contribution in [2.75, 3.05) is 18.5 Å². The van der Waals surface area contributed by atoms with Crippen molar-refractivity contribution in [2.24, 2.45) is 5.92 Å². The second-order valence-electron chi connectivity index (χ2n) is 5.54. The Morgan fingerprint density at radius 3 is 2.48 bits per heavy atom. The highest BCUT2D eigenvalue weighted by molar-refractivity contribution is 5.55. The van der Waals surface area contributed by atoms with E-state index in [1.54, 1.807) is 18.2 Å². The van der Waals surface area contributed by atoms with E-state index in [4.69, 9.17) is 9.47 Å². The molecule has 21 heavy (non-hydrogen) atoms. The average molecular weight is 301 g/mol. The van der Waals surface area contributed by atoms with E-state index in [0.717, 1.165) is 6.42 Å². The first kappa shape index (κ1) is 14.4. The van der Waals surface area contributed by atoms with Crippen LogP contribution in [0, 0.1) is 5.92 Å². The van der Waals surface area contributed by atoms with Gasteiger partial charge in [-0.3, -0.25) is 0 Å². The van der Waals surface area contributed by atoms with Gasteiger partial charge in [-0.15, -0.1) is 0 Å². The molecule has 1 aliphatic carbocycles. The van der Waals surface area contributed by atoms with Crippen molar-refractivity contribution < 1.29 is 22.6 Å². The SMILES string of the molecule is FC(F)(F)C1CCCCC1Nc1ccc2c(c1)OCCO2. The first-order valence-electron chi connectivity index (χ1n) is 7.27. The summed E-state index contributed by atoms with van der Waals surface area (Å²) < 4.78 is 50.1. The fourth-order valence-corrected chi connectivity index (χ4v) is 3.04. The molecular formula is C15H18F3NO2. The zero-order chi connectivity index (χ0) is 14.9. The first-order valence-corrected chi connectivity index (χ1v) is 7.27. The maximum atomic E-state index is 13.1. The van der Waals surface area contributed by atoms with Crippen molar-refractivity contribution in [2.45, 2.75) is 37.9 Å². The lowest BCUT2D eigenvalue weighted by Crippen LogP contribution is -2.41. The number of rotatable bonds is 2. The van der Waals surface area contributed by atoms with Crippen LogP contribution in [0.3, 0.4) is 0 Å². The minimum atomic E-state index is -4.15. The van der Waals surface area contributed by atoms with Gasteiger partial charge in [0.2, 0.25) is 0 Å². The van der Waals surface area contributed by atoms with E-state index in [1.807, 2.05) is 0 Å². The van der Waals surface area contributed by atoms with Gasteiger partial charge in [-0.05, 0) is 25.0 Å². The normalized spacial score (nSPS) is 25.5. The lowest BCUT2D eigenvalue weighted by atomic mass is 9.84. The Hall–Kier alpha value is -1.59. The molecule has 0 spiro atoms. The zero-order valence-electron chi connectivity index (χ0n) is 11.6. The fourth-order valence-electron chi connectivity index (χ4n) is 3.04. The van der Waals surface area contributed by atoms with Gasteiger partial charge in [-0.2, -0.15) is 13.2 Å². The van der Waals surface area contributed by atoms with Crippen LogP contribution in [0.4, 0.5) is 18.9 Å². The van der Waals surface area contributed by atoms with Gasteiger partial charge in [0, 0.05) is 17.8 Å². The highest BCUT2D eigenvalue weighted by Gasteiger charge is 2.45. The molecule has 1 aliphatic heterocycles. The molecule has 2 unspecified atom stereocenters. The van der Waals surface area contributed by atoms with Gasteiger partial charge in [0.05, 0.1) is 5.92 Å². The smallest absolute Gasteiger partial charge is 0.393 e. The molecule has 1 aromatic carbocycles. The van der Waals surface area contributed by atoms with E-state index in [0.29, 0.717) is 43.2 Å². The number of fused-ring (bicyclic) bond motifs is 1. The molecule has 3 nitrogen and oxygen atoms in total. The van der Waals surface area contributed by atoms with Crippen LogP contribution in [-0.4, -0.2) is 25.4 Å². The van der Waals surface area contributed by atoms with Crippen molar-refractivity contribution in [3.63, 3.8) is 0 Å². The van der Waals surface area contributed by atoms with E-state index < -0.39 is 18.1 Å². The largest absolute Gasteiger partial charge is 0.486 e. The van der Waals surface area contributed by atoms with Crippen LogP contribution >= 0.6 is 0 Å². The molecule has 0 saturated heterocycles. The molecule has 1 saturated carbocycles. The predicted molar refractivity (Wildman–Crippen MR) is 72.9 cm³/mol. The summed E-state index contributed by atoms with van der Waals surface area (Å²) in [7, 11) is 0. The Kier molecular flexibility index (Phi) is 3.87. The molecule has 0 aromatic heterocycles. The Bertz CT molecular complexity index is 504. The predicted octanol–water partition coefficient (Wildman–Crippen LogP) is 3.99. The average Bonchev–Trinajstić information content (AvgIpc) is 2.46. The van der Waals surface area contributed by atoms with Gasteiger partial charge in [-0.25, -0.2) is 0 Å². The topological polar surface area (TPSA) is 30.5 Å². The van der Waals surface area contributed by atoms with Crippen molar-refractivity contribution >= 4 is 5.69 Å². The van der Waals surface area contributed by atoms with Gasteiger partial charge >= 0.3 is 6.18 Å². The summed E-state index contributed by atoms with van der Waals surface area (Å²) in [5, 5.41) is 3.03. The molecule has 2 aliphatic rings. The quantitative estimate of drug-likeness (QED) is 0.896. The molecule has 0 amide bonds. The third-order valence-electron chi connectivity index (χ3n) is 4.08. The summed E-state index contributed by atoms with van der Waals surface area (Å²) in [6.07, 6.45) is -1.94. The molecule has 3 rings (SSSR count). The summed E-state index contributed by atoms with van der Waals surface area (Å²) in [4.78, 5) is 0. The summed E-state index contributed by atoms with van der Waals surface area (Å²) in [5.74, 6) is -0.0483. The summed E-state index contributed by atoms with van der Waals surface area (Å²) in [6, 6.07) is 4.63. The summed E-state index contributed by atoms with van der Waals surface area (Å²) in [6.45, 7) is 0.962. The number of ether oxygens (including phenoxy) is 2. The van der Waals surface area contributed by atoms with Gasteiger partial charge in [0.15, 0.2) is 11.5 Å². The second kappa shape index (κ2) is 5.66. The Balaban J connectivity index is 1.75. The summed E-state index contributed by atoms with van der Waals surface area (Å²) in [5.41, 5.74) is 0.653. The second-order valence-corrected chi connectivity index (χ2v) is 5.54. The highest BCUT2D eigenvalue weighted by Crippen LogP contribution is 2.40. The van der Waals surface area contributed by atoms with Crippen LogP contribution in [0.2, 0.25) is 0 Å². The molecule has 2 atom stereocenters. The van der Waals surface area contributed by atoms with Crippen molar-refractivity contribution in [1.29, 1.82) is 0 Å². The maximum absolute atomic E-state index is 13.1. The van der Waals surface area contributed by atoms with Crippen LogP contribution in [0.15, 0.2) is 18.2 Å². The molecule has 116 valence electrons. The lowest BCUT2D eigenvalue weighted by Gasteiger charge is -2.34. The van der Waals surface area contributed by atoms with Gasteiger partial charge in [0.25, 0.3) is 0 Å². The molecule has 1 N–H and O–H groups in total. The Morgan fingerprint density at radius 2 is 1.71 bits per heavy atom. The number of nitrogens with one attached hydrogen (secondary N) is 1. The number of benzene rings is 1. The molecular weight excluding hydrogens is 283 g/mol. The van der Waals surface area contributed by atoms with E-state index in [-0.39, 0.29) is 6.42 Å². The maximum Gasteiger partial charge on any atom is 0.393 e. The standard InChI is InChI=1S/C15H18F3NO2/c16-15(17,18)11-3-1-2-4-12(11)19-10-5-6-13-14(9-10)21-8-7-20-13/h5-6,9,11-12,19H,1-4,7-8H2. The Morgan fingerprint density at radius 1 is 1.00 bits per heavy atom. The van der Waals surface area contributed by atoms with E-state index in [9.17, 15) is 13.2 Å². The van der Waals surface area contributed by atoms with Gasteiger partial charge in [0.1, 0.15) is 13.2 Å². The minimum absolute atomic E-state index is 0.200. The van der Waals surface area contributed by atoms with Crippen LogP contribution in [-0.2, 0) is 0 Å². The van der Waals surface area contributed by atoms with Crippen LogP contribution in [0.1, 0.15) is 25.7 Å². The van der Waals surface area contributed by atoms with Crippen LogP contribution in [0.25, 0.3) is 0 Å². The Labute approximate surface area is 121 Å². The van der Waals surface area contributed by atoms with Crippen LogP contribution < -0.4 is 14.8 Å². The molecule has 0 radical (unpaired) electrons. The van der Waals surface area contributed by atoms with Gasteiger partial charge in [-0.1, -0.05) is 12.8 Å². The molecule has 6 heteroatoms. The van der Waals surface area contributed by atoms with E-state index >= 15 is 0 Å². The number of anilines is 1. The van der Waals surface area contributed by atoms with E-state index in [2.05, 4.69) is 5.32 Å². The monoisotopic (exact) mass is 301 g/mol. The van der Waals surface area contributed by atoms with Crippen LogP contribution in [0.5, 0.6) is 11.5 Å². The third-order valence-corrected chi connectivity index (χ3v) is 4.08. The third kappa shape index (κ3) is 3.19. The number of alkyl halides is 3. The fraction of sp³-hybridized carbons (Fsp3) is 0.600. The number of hydrogen-bond donors (Lipinski definition) is 1. The van der Waals surface area contributed by atoms with Gasteiger partial charge < -0.3 is 14.8 Å². The minimum Gasteiger partial charge on any atom is -0.486 e. The van der Waals surface area contributed by atoms with Crippen molar-refractivity contribution in [3.05, 3.63) is 18.2 Å². The van der Waals surface area contributed by atoms with E-state index in [1.165, 1.54) is 0 Å². The molecule has 1 fully saturated rings. The van der Waals surface area contributed by atoms with Crippen molar-refractivity contribution in [1.82, 2.24) is 0 Å². The number of hydrogen-bond acceptors (Lipinski definition) is 3.